The number of piperidine rings is 1. The molecule has 0 aliphatic carbocycles. The molecule has 1 unspecified atom stereocenters. The number of esters is 1. The molecule has 3 nitrogen and oxygen atoms in total. The molecule has 1 atom stereocenters. The zero-order chi connectivity index (χ0) is 14.4. The molecule has 1 fully saturated rings. The second-order valence-corrected chi connectivity index (χ2v) is 6.39. The number of hydrogen-bond donors (Lipinski definition) is 1. The van der Waals surface area contributed by atoms with Crippen molar-refractivity contribution in [1.82, 2.24) is 5.32 Å². The van der Waals surface area contributed by atoms with Crippen LogP contribution in [0.15, 0.2) is 30.3 Å². The van der Waals surface area contributed by atoms with Crippen LogP contribution in [-0.2, 0) is 15.1 Å². The average molecular weight is 340 g/mol. The highest BCUT2D eigenvalue weighted by molar-refractivity contribution is 9.10. The maximum Gasteiger partial charge on any atom is 0.320 e. The van der Waals surface area contributed by atoms with Crippen molar-refractivity contribution in [2.24, 2.45) is 0 Å². The van der Waals surface area contributed by atoms with Gasteiger partial charge in [-0.05, 0) is 25.1 Å². The average Bonchev–Trinajstić information content (AvgIpc) is 2.49. The van der Waals surface area contributed by atoms with Gasteiger partial charge < -0.3 is 10.1 Å². The highest BCUT2D eigenvalue weighted by Gasteiger charge is 2.38. The van der Waals surface area contributed by atoms with Crippen molar-refractivity contribution in [2.75, 3.05) is 13.1 Å². The fourth-order valence-corrected chi connectivity index (χ4v) is 3.20. The highest BCUT2D eigenvalue weighted by atomic mass is 79.9. The second kappa shape index (κ2) is 7.23. The zero-order valence-corrected chi connectivity index (χ0v) is 13.5. The molecule has 2 rings (SSSR count). The Hall–Kier alpha value is -0.870. The van der Waals surface area contributed by atoms with Crippen LogP contribution < -0.4 is 5.32 Å². The minimum absolute atomic E-state index is 0.141. The topological polar surface area (TPSA) is 38.3 Å². The maximum atomic E-state index is 12.3. The first-order valence-electron chi connectivity index (χ1n) is 7.31. The summed E-state index contributed by atoms with van der Waals surface area (Å²) in [6, 6.07) is 10.1. The molecule has 1 aliphatic heterocycles. The van der Waals surface area contributed by atoms with Crippen LogP contribution in [0.5, 0.6) is 0 Å². The zero-order valence-electron chi connectivity index (χ0n) is 11.9. The van der Waals surface area contributed by atoms with Gasteiger partial charge in [-0.25, -0.2) is 0 Å². The maximum absolute atomic E-state index is 12.3. The molecular formula is C16H22BrNO2. The molecule has 4 heteroatoms. The van der Waals surface area contributed by atoms with Gasteiger partial charge in [-0.1, -0.05) is 59.6 Å². The van der Waals surface area contributed by atoms with Gasteiger partial charge in [-0.15, -0.1) is 0 Å². The summed E-state index contributed by atoms with van der Waals surface area (Å²) in [4.78, 5) is 12.1. The van der Waals surface area contributed by atoms with Gasteiger partial charge in [0, 0.05) is 12.8 Å². The van der Waals surface area contributed by atoms with Crippen molar-refractivity contribution in [3.05, 3.63) is 35.9 Å². The number of halogens is 1. The number of carbonyl (C=O) groups excluding carboxylic acids is 1. The fraction of sp³-hybridized carbons (Fsp3) is 0.562. The lowest BCUT2D eigenvalue weighted by molar-refractivity contribution is -0.163. The SMILES string of the molecule is CCCC(Br)C(=O)OC1(c2ccccc2)CCNCC1. The Kier molecular flexibility index (Phi) is 5.61. The summed E-state index contributed by atoms with van der Waals surface area (Å²) in [5, 5.41) is 3.33. The van der Waals surface area contributed by atoms with Gasteiger partial charge in [-0.3, -0.25) is 4.79 Å². The highest BCUT2D eigenvalue weighted by Crippen LogP contribution is 2.35. The first-order valence-corrected chi connectivity index (χ1v) is 8.23. The summed E-state index contributed by atoms with van der Waals surface area (Å²) < 4.78 is 5.95. The summed E-state index contributed by atoms with van der Waals surface area (Å²) in [6.45, 7) is 3.82. The molecule has 0 bridgehead atoms. The minimum atomic E-state index is -0.469. The minimum Gasteiger partial charge on any atom is -0.453 e. The summed E-state index contributed by atoms with van der Waals surface area (Å²) in [7, 11) is 0. The summed E-state index contributed by atoms with van der Waals surface area (Å²) in [5.41, 5.74) is 0.634. The number of rotatable bonds is 5. The van der Waals surface area contributed by atoms with E-state index in [1.54, 1.807) is 0 Å². The molecule has 110 valence electrons. The standard InChI is InChI=1S/C16H22BrNO2/c1-2-6-14(17)15(19)20-16(9-11-18-12-10-16)13-7-4-3-5-8-13/h3-5,7-8,14,18H,2,6,9-12H2,1H3. The summed E-state index contributed by atoms with van der Waals surface area (Å²) in [5.74, 6) is -0.141. The molecule has 1 aliphatic rings. The van der Waals surface area contributed by atoms with Crippen molar-refractivity contribution < 1.29 is 9.53 Å². The van der Waals surface area contributed by atoms with Crippen LogP contribution in [0.1, 0.15) is 38.2 Å². The molecule has 0 saturated carbocycles. The molecule has 1 saturated heterocycles. The lowest BCUT2D eigenvalue weighted by atomic mass is 9.84. The first kappa shape index (κ1) is 15.5. The van der Waals surface area contributed by atoms with E-state index in [2.05, 4.69) is 40.3 Å². The van der Waals surface area contributed by atoms with Crippen LogP contribution in [-0.4, -0.2) is 23.9 Å². The number of alkyl halides is 1. The lowest BCUT2D eigenvalue weighted by Crippen LogP contribution is -2.44. The van der Waals surface area contributed by atoms with Gasteiger partial charge in [0.1, 0.15) is 10.4 Å². The third-order valence-corrected chi connectivity index (χ3v) is 4.64. The molecule has 1 aromatic rings. The Balaban J connectivity index is 2.18. The molecule has 0 radical (unpaired) electrons. The number of nitrogens with one attached hydrogen (secondary N) is 1. The number of benzene rings is 1. The predicted octanol–water partition coefficient (Wildman–Crippen LogP) is 3.37. The predicted molar refractivity (Wildman–Crippen MR) is 83.9 cm³/mol. The Morgan fingerprint density at radius 1 is 1.35 bits per heavy atom. The molecule has 1 heterocycles. The summed E-state index contributed by atoms with van der Waals surface area (Å²) in [6.07, 6.45) is 3.43. The van der Waals surface area contributed by atoms with Gasteiger partial charge in [-0.2, -0.15) is 0 Å². The van der Waals surface area contributed by atoms with Gasteiger partial charge in [0.2, 0.25) is 0 Å². The van der Waals surface area contributed by atoms with Crippen LogP contribution in [0.4, 0.5) is 0 Å². The molecule has 1 aromatic carbocycles. The van der Waals surface area contributed by atoms with Crippen LogP contribution in [0.25, 0.3) is 0 Å². The third kappa shape index (κ3) is 3.61. The van der Waals surface area contributed by atoms with Crippen molar-refractivity contribution in [3.8, 4) is 0 Å². The van der Waals surface area contributed by atoms with E-state index in [0.29, 0.717) is 0 Å². The van der Waals surface area contributed by atoms with Gasteiger partial charge >= 0.3 is 5.97 Å². The molecule has 0 amide bonds. The lowest BCUT2D eigenvalue weighted by Gasteiger charge is -2.38. The number of ether oxygens (including phenoxy) is 1. The van der Waals surface area contributed by atoms with Crippen LogP contribution in [0, 0.1) is 0 Å². The number of carbonyl (C=O) groups is 1. The Bertz CT molecular complexity index is 429. The van der Waals surface area contributed by atoms with Crippen LogP contribution in [0.3, 0.4) is 0 Å². The van der Waals surface area contributed by atoms with Crippen LogP contribution >= 0.6 is 15.9 Å². The number of hydrogen-bond acceptors (Lipinski definition) is 3. The Labute approximate surface area is 129 Å². The van der Waals surface area contributed by atoms with Crippen molar-refractivity contribution >= 4 is 21.9 Å². The van der Waals surface area contributed by atoms with E-state index in [0.717, 1.165) is 44.3 Å². The van der Waals surface area contributed by atoms with E-state index in [1.807, 2.05) is 18.2 Å². The van der Waals surface area contributed by atoms with E-state index in [-0.39, 0.29) is 10.8 Å². The quantitative estimate of drug-likeness (QED) is 0.660. The smallest absolute Gasteiger partial charge is 0.320 e. The van der Waals surface area contributed by atoms with E-state index in [9.17, 15) is 4.79 Å². The third-order valence-electron chi connectivity index (χ3n) is 3.80. The summed E-state index contributed by atoms with van der Waals surface area (Å²) >= 11 is 3.44. The molecule has 0 spiro atoms. The second-order valence-electron chi connectivity index (χ2n) is 5.29. The fourth-order valence-electron chi connectivity index (χ4n) is 2.65. The van der Waals surface area contributed by atoms with E-state index >= 15 is 0 Å². The van der Waals surface area contributed by atoms with Gasteiger partial charge in [0.15, 0.2) is 0 Å². The van der Waals surface area contributed by atoms with Gasteiger partial charge in [0.05, 0.1) is 0 Å². The molecule has 0 aromatic heterocycles. The van der Waals surface area contributed by atoms with E-state index in [1.165, 1.54) is 0 Å². The Morgan fingerprint density at radius 2 is 2.00 bits per heavy atom. The monoisotopic (exact) mass is 339 g/mol. The van der Waals surface area contributed by atoms with Crippen LogP contribution in [0.2, 0.25) is 0 Å². The van der Waals surface area contributed by atoms with Crippen molar-refractivity contribution in [2.45, 2.75) is 43.0 Å². The normalized spacial score (nSPS) is 19.3. The largest absolute Gasteiger partial charge is 0.453 e. The Morgan fingerprint density at radius 3 is 2.60 bits per heavy atom. The van der Waals surface area contributed by atoms with Crippen molar-refractivity contribution in [3.63, 3.8) is 0 Å². The first-order chi connectivity index (χ1) is 9.68. The van der Waals surface area contributed by atoms with Gasteiger partial charge in [0.25, 0.3) is 0 Å². The van der Waals surface area contributed by atoms with E-state index < -0.39 is 5.60 Å². The van der Waals surface area contributed by atoms with E-state index in [4.69, 9.17) is 4.74 Å². The molecule has 20 heavy (non-hydrogen) atoms. The van der Waals surface area contributed by atoms with Crippen molar-refractivity contribution in [1.29, 1.82) is 0 Å². The molecular weight excluding hydrogens is 318 g/mol. The molecule has 1 N–H and O–H groups in total.